The van der Waals surface area contributed by atoms with E-state index in [1.54, 1.807) is 11.8 Å². The highest BCUT2D eigenvalue weighted by Crippen LogP contribution is 2.71. The van der Waals surface area contributed by atoms with Gasteiger partial charge in [0.15, 0.2) is 0 Å². The maximum atomic E-state index is 13.9. The fourth-order valence-electron chi connectivity index (χ4n) is 3.78. The molecule has 0 bridgehead atoms. The molecule has 1 fully saturated rings. The Hall–Kier alpha value is -0.910. The van der Waals surface area contributed by atoms with Gasteiger partial charge >= 0.3 is 0 Å². The molecule has 2 aromatic rings. The second-order valence-electron chi connectivity index (χ2n) is 9.04. The summed E-state index contributed by atoms with van der Waals surface area (Å²) in [5.74, 6) is 0. The van der Waals surface area contributed by atoms with E-state index in [0.717, 1.165) is 11.1 Å². The summed E-state index contributed by atoms with van der Waals surface area (Å²) in [7, 11) is -3.13. The highest BCUT2D eigenvalue weighted by molar-refractivity contribution is 8.69. The van der Waals surface area contributed by atoms with Crippen LogP contribution in [-0.2, 0) is 27.8 Å². The smallest absolute Gasteiger partial charge is 0.135 e. The van der Waals surface area contributed by atoms with Gasteiger partial charge in [-0.2, -0.15) is 0 Å². The summed E-state index contributed by atoms with van der Waals surface area (Å²) < 4.78 is 26.3. The van der Waals surface area contributed by atoms with Gasteiger partial charge in [0.05, 0.1) is 0 Å². The Kier molecular flexibility index (Phi) is 5.28. The van der Waals surface area contributed by atoms with E-state index in [1.807, 2.05) is 60.7 Å². The predicted molar refractivity (Wildman–Crippen MR) is 119 cm³/mol. The first-order chi connectivity index (χ1) is 12.5. The van der Waals surface area contributed by atoms with Crippen LogP contribution >= 0.6 is 11.8 Å². The Morgan fingerprint density at radius 3 is 1.19 bits per heavy atom. The Morgan fingerprint density at radius 1 is 0.630 bits per heavy atom. The van der Waals surface area contributed by atoms with Gasteiger partial charge in [-0.1, -0.05) is 102 Å². The second kappa shape index (κ2) is 6.85. The SMILES string of the molecule is CC(C)(C)[C@]1(c2ccccc2)S[C@@](c2ccccc2)(C(C)(C)C)[S@@](=O)[S@]1=O. The molecule has 0 unspecified atom stereocenters. The zero-order chi connectivity index (χ0) is 20.1. The first-order valence-electron chi connectivity index (χ1n) is 9.14. The van der Waals surface area contributed by atoms with Crippen molar-refractivity contribution in [2.75, 3.05) is 0 Å². The first-order valence-corrected chi connectivity index (χ1v) is 12.8. The average molecular weight is 421 g/mol. The number of hydrogen-bond donors (Lipinski definition) is 0. The molecule has 2 aromatic carbocycles. The van der Waals surface area contributed by atoms with Gasteiger partial charge in [0, 0.05) is 0 Å². The van der Waals surface area contributed by atoms with Gasteiger partial charge in [0.2, 0.25) is 0 Å². The highest BCUT2D eigenvalue weighted by Gasteiger charge is 2.69. The summed E-state index contributed by atoms with van der Waals surface area (Å²) in [5.41, 5.74) is 1.27. The molecule has 2 nitrogen and oxygen atoms in total. The lowest BCUT2D eigenvalue weighted by Crippen LogP contribution is -2.40. The topological polar surface area (TPSA) is 34.1 Å². The van der Waals surface area contributed by atoms with E-state index in [1.165, 1.54) is 0 Å². The first kappa shape index (κ1) is 20.8. The fourth-order valence-corrected chi connectivity index (χ4v) is 13.9. The highest BCUT2D eigenvalue weighted by atomic mass is 33.1. The minimum atomic E-state index is -1.57. The van der Waals surface area contributed by atoms with Crippen molar-refractivity contribution in [3.63, 3.8) is 0 Å². The van der Waals surface area contributed by atoms with E-state index in [-0.39, 0.29) is 10.8 Å². The van der Waals surface area contributed by atoms with Gasteiger partial charge in [-0.15, -0.1) is 11.8 Å². The Balaban J connectivity index is 2.36. The van der Waals surface area contributed by atoms with Crippen LogP contribution in [0, 0.1) is 10.8 Å². The molecule has 1 aliphatic heterocycles. The molecule has 0 saturated carbocycles. The van der Waals surface area contributed by atoms with Gasteiger partial charge in [-0.3, -0.25) is 0 Å². The van der Waals surface area contributed by atoms with Crippen LogP contribution in [0.3, 0.4) is 0 Å². The minimum absolute atomic E-state index is 0.346. The van der Waals surface area contributed by atoms with Gasteiger partial charge in [-0.05, 0) is 22.0 Å². The number of rotatable bonds is 2. The zero-order valence-electron chi connectivity index (χ0n) is 16.8. The summed E-state index contributed by atoms with van der Waals surface area (Å²) in [6.07, 6.45) is 0. The average Bonchev–Trinajstić information content (AvgIpc) is 2.86. The Labute approximate surface area is 171 Å². The van der Waals surface area contributed by atoms with E-state index in [4.69, 9.17) is 0 Å². The second-order valence-corrected chi connectivity index (χ2v) is 15.0. The minimum Gasteiger partial charge on any atom is -0.244 e. The standard InChI is InChI=1S/C22H28O2S3/c1-19(2,3)21(17-13-9-7-10-14-17)25-22(20(4,5)6,27(24)26(21)23)18-15-11-8-12-16-18/h7-16H,1-6H3/t21-,22-,26-,27+/m1/s1. The summed E-state index contributed by atoms with van der Waals surface area (Å²) in [6.45, 7) is 12.6. The quantitative estimate of drug-likeness (QED) is 0.564. The van der Waals surface area contributed by atoms with Crippen LogP contribution < -0.4 is 0 Å². The van der Waals surface area contributed by atoms with Crippen molar-refractivity contribution < 1.29 is 8.42 Å². The molecule has 3 rings (SSSR count). The molecular formula is C22H28O2S3. The molecule has 0 aromatic heterocycles. The largest absolute Gasteiger partial charge is 0.244 e. The van der Waals surface area contributed by atoms with Crippen molar-refractivity contribution in [2.45, 2.75) is 49.7 Å². The molecule has 0 N–H and O–H groups in total. The molecular weight excluding hydrogens is 392 g/mol. The number of hydrogen-bond acceptors (Lipinski definition) is 3. The van der Waals surface area contributed by atoms with E-state index in [0.29, 0.717) is 0 Å². The summed E-state index contributed by atoms with van der Waals surface area (Å²) in [5, 5.41) is 0. The van der Waals surface area contributed by atoms with Crippen LogP contribution in [0.1, 0.15) is 52.7 Å². The molecule has 4 atom stereocenters. The van der Waals surface area contributed by atoms with Crippen LogP contribution in [0.15, 0.2) is 60.7 Å². The molecule has 0 amide bonds. The van der Waals surface area contributed by atoms with Crippen LogP contribution in [0.2, 0.25) is 0 Å². The molecule has 1 heterocycles. The summed E-state index contributed by atoms with van der Waals surface area (Å²) >= 11 is 1.64. The van der Waals surface area contributed by atoms with Crippen LogP contribution in [0.5, 0.6) is 0 Å². The van der Waals surface area contributed by atoms with Crippen molar-refractivity contribution in [1.29, 1.82) is 0 Å². The lowest BCUT2D eigenvalue weighted by atomic mass is 9.85. The van der Waals surface area contributed by atoms with Crippen molar-refractivity contribution in [2.24, 2.45) is 10.8 Å². The lowest BCUT2D eigenvalue weighted by Gasteiger charge is -2.44. The van der Waals surface area contributed by atoms with Gasteiger partial charge in [0.25, 0.3) is 0 Å². The van der Waals surface area contributed by atoms with E-state index in [9.17, 15) is 8.42 Å². The lowest BCUT2D eigenvalue weighted by molar-refractivity contribution is 0.348. The molecule has 1 aliphatic rings. The van der Waals surface area contributed by atoms with Crippen LogP contribution in [0.25, 0.3) is 0 Å². The molecule has 27 heavy (non-hydrogen) atoms. The number of benzene rings is 2. The maximum Gasteiger partial charge on any atom is 0.135 e. The van der Waals surface area contributed by atoms with Crippen LogP contribution in [0.4, 0.5) is 0 Å². The van der Waals surface area contributed by atoms with Crippen molar-refractivity contribution in [1.82, 2.24) is 0 Å². The monoisotopic (exact) mass is 420 g/mol. The Bertz CT molecular complexity index is 792. The molecule has 0 spiro atoms. The Morgan fingerprint density at radius 2 is 0.926 bits per heavy atom. The molecule has 5 heteroatoms. The molecule has 0 radical (unpaired) electrons. The van der Waals surface area contributed by atoms with Gasteiger partial charge in [0.1, 0.15) is 27.8 Å². The third kappa shape index (κ3) is 2.97. The van der Waals surface area contributed by atoms with Gasteiger partial charge in [-0.25, -0.2) is 8.42 Å². The predicted octanol–water partition coefficient (Wildman–Crippen LogP) is 5.94. The van der Waals surface area contributed by atoms with Crippen molar-refractivity contribution >= 4 is 31.4 Å². The zero-order valence-corrected chi connectivity index (χ0v) is 19.3. The fraction of sp³-hybridized carbons (Fsp3) is 0.455. The third-order valence-electron chi connectivity index (χ3n) is 5.18. The van der Waals surface area contributed by atoms with Crippen LogP contribution in [-0.4, -0.2) is 8.42 Å². The molecule has 1 saturated heterocycles. The van der Waals surface area contributed by atoms with Crippen molar-refractivity contribution in [3.8, 4) is 0 Å². The van der Waals surface area contributed by atoms with Crippen molar-refractivity contribution in [3.05, 3.63) is 71.8 Å². The summed E-state index contributed by atoms with van der Waals surface area (Å²) in [4.78, 5) is 0. The van der Waals surface area contributed by atoms with Gasteiger partial charge < -0.3 is 0 Å². The third-order valence-corrected chi connectivity index (χ3v) is 14.7. The van der Waals surface area contributed by atoms with E-state index < -0.39 is 27.8 Å². The maximum absolute atomic E-state index is 13.9. The van der Waals surface area contributed by atoms with E-state index in [2.05, 4.69) is 41.5 Å². The number of thioether (sulfide) groups is 1. The normalized spacial score (nSPS) is 31.8. The molecule has 0 aliphatic carbocycles. The van der Waals surface area contributed by atoms with E-state index >= 15 is 0 Å². The summed E-state index contributed by atoms with van der Waals surface area (Å²) in [6, 6.07) is 19.9. The molecule has 146 valence electrons.